The molecule has 2 aromatic carbocycles. The van der Waals surface area contributed by atoms with Crippen LogP contribution in [0.3, 0.4) is 0 Å². The molecule has 8 nitrogen and oxygen atoms in total. The summed E-state index contributed by atoms with van der Waals surface area (Å²) < 4.78 is 0.990. The van der Waals surface area contributed by atoms with Crippen molar-refractivity contribution in [2.45, 2.75) is 13.8 Å². The van der Waals surface area contributed by atoms with Crippen LogP contribution in [-0.2, 0) is 0 Å². The number of amides is 1. The number of nitrogens with one attached hydrogen (secondary N) is 1. The normalized spacial score (nSPS) is 10.3. The van der Waals surface area contributed by atoms with E-state index >= 15 is 0 Å². The first kappa shape index (κ1) is 17.8. The largest absolute Gasteiger partial charge is 0.322 e. The molecule has 0 saturated heterocycles. The van der Waals surface area contributed by atoms with E-state index in [0.717, 1.165) is 21.3 Å². The van der Waals surface area contributed by atoms with E-state index in [0.29, 0.717) is 5.69 Å². The van der Waals surface area contributed by atoms with Crippen LogP contribution >= 0.6 is 22.6 Å². The third-order valence-electron chi connectivity index (χ3n) is 3.45. The maximum absolute atomic E-state index is 12.4. The summed E-state index contributed by atoms with van der Waals surface area (Å²) in [4.78, 5) is 33.0. The van der Waals surface area contributed by atoms with Crippen molar-refractivity contribution in [1.29, 1.82) is 0 Å². The number of carbonyl (C=O) groups is 1. The van der Waals surface area contributed by atoms with E-state index in [2.05, 4.69) is 27.9 Å². The summed E-state index contributed by atoms with van der Waals surface area (Å²) in [6.07, 6.45) is 0. The number of nitro benzene ring substituents is 2. The van der Waals surface area contributed by atoms with Crippen LogP contribution in [0.5, 0.6) is 0 Å². The first-order valence-electron chi connectivity index (χ1n) is 6.71. The molecule has 0 radical (unpaired) electrons. The predicted octanol–water partition coefficient (Wildman–Crippen LogP) is 3.98. The average molecular weight is 441 g/mol. The molecule has 2 rings (SSSR count). The number of nitrogens with zero attached hydrogens (tertiary/aromatic N) is 2. The highest BCUT2D eigenvalue weighted by atomic mass is 127. The second-order valence-electron chi connectivity index (χ2n) is 5.07. The minimum atomic E-state index is -0.741. The molecular formula is C15H12IN3O5. The van der Waals surface area contributed by atoms with Crippen molar-refractivity contribution in [1.82, 2.24) is 0 Å². The summed E-state index contributed by atoms with van der Waals surface area (Å²) in [5.41, 5.74) is 0.184. The minimum Gasteiger partial charge on any atom is -0.322 e. The topological polar surface area (TPSA) is 115 Å². The Morgan fingerprint density at radius 1 is 1.04 bits per heavy atom. The highest BCUT2D eigenvalue weighted by Gasteiger charge is 2.25. The molecule has 0 unspecified atom stereocenters. The lowest BCUT2D eigenvalue weighted by Gasteiger charge is -2.09. The molecule has 0 aliphatic rings. The molecule has 0 bridgehead atoms. The van der Waals surface area contributed by atoms with Crippen LogP contribution in [-0.4, -0.2) is 15.8 Å². The molecule has 24 heavy (non-hydrogen) atoms. The van der Waals surface area contributed by atoms with E-state index in [4.69, 9.17) is 0 Å². The highest BCUT2D eigenvalue weighted by Crippen LogP contribution is 2.30. The number of carbonyl (C=O) groups excluding carboxylic acids is 1. The third kappa shape index (κ3) is 3.67. The Bertz CT molecular complexity index is 831. The van der Waals surface area contributed by atoms with Crippen LogP contribution in [0.25, 0.3) is 0 Å². The molecule has 0 spiro atoms. The van der Waals surface area contributed by atoms with Gasteiger partial charge in [-0.25, -0.2) is 0 Å². The fourth-order valence-electron chi connectivity index (χ4n) is 2.16. The van der Waals surface area contributed by atoms with E-state index in [1.807, 2.05) is 6.07 Å². The summed E-state index contributed by atoms with van der Waals surface area (Å²) >= 11 is 2.13. The van der Waals surface area contributed by atoms with Crippen molar-refractivity contribution in [3.05, 3.63) is 70.8 Å². The number of nitro groups is 2. The Kier molecular flexibility index (Phi) is 5.12. The van der Waals surface area contributed by atoms with Crippen LogP contribution < -0.4 is 5.32 Å². The molecule has 0 aromatic heterocycles. The van der Waals surface area contributed by atoms with E-state index < -0.39 is 27.1 Å². The summed E-state index contributed by atoms with van der Waals surface area (Å²) in [5, 5.41) is 24.8. The number of hydrogen-bond acceptors (Lipinski definition) is 5. The fraction of sp³-hybridized carbons (Fsp3) is 0.133. The summed E-state index contributed by atoms with van der Waals surface area (Å²) in [7, 11) is 0. The number of anilines is 1. The monoisotopic (exact) mass is 441 g/mol. The number of benzene rings is 2. The van der Waals surface area contributed by atoms with Gasteiger partial charge in [-0.15, -0.1) is 0 Å². The van der Waals surface area contributed by atoms with Gasteiger partial charge in [0.05, 0.1) is 15.4 Å². The van der Waals surface area contributed by atoms with Gasteiger partial charge in [-0.05, 0) is 60.2 Å². The van der Waals surface area contributed by atoms with Crippen molar-refractivity contribution in [3.63, 3.8) is 0 Å². The molecule has 1 N–H and O–H groups in total. The summed E-state index contributed by atoms with van der Waals surface area (Å²) in [6.45, 7) is 3.08. The lowest BCUT2D eigenvalue weighted by atomic mass is 10.1. The zero-order chi connectivity index (χ0) is 18.0. The Hall–Kier alpha value is -2.56. The van der Waals surface area contributed by atoms with Crippen molar-refractivity contribution in [2.75, 3.05) is 5.32 Å². The van der Waals surface area contributed by atoms with Crippen molar-refractivity contribution >= 4 is 45.6 Å². The molecule has 9 heteroatoms. The Morgan fingerprint density at radius 3 is 2.04 bits per heavy atom. The van der Waals surface area contributed by atoms with E-state index in [9.17, 15) is 25.0 Å². The average Bonchev–Trinajstić information content (AvgIpc) is 2.49. The number of hydrogen-bond donors (Lipinski definition) is 1. The molecule has 1 amide bonds. The predicted molar refractivity (Wildman–Crippen MR) is 96.3 cm³/mol. The van der Waals surface area contributed by atoms with Crippen molar-refractivity contribution in [2.24, 2.45) is 0 Å². The van der Waals surface area contributed by atoms with E-state index in [1.54, 1.807) is 19.1 Å². The van der Waals surface area contributed by atoms with Gasteiger partial charge in [-0.3, -0.25) is 25.0 Å². The molecule has 0 saturated carbocycles. The zero-order valence-corrected chi connectivity index (χ0v) is 14.9. The number of rotatable bonds is 4. The molecule has 0 heterocycles. The van der Waals surface area contributed by atoms with Crippen LogP contribution in [0.2, 0.25) is 0 Å². The molecular weight excluding hydrogens is 429 g/mol. The van der Waals surface area contributed by atoms with Crippen molar-refractivity contribution in [3.8, 4) is 0 Å². The van der Waals surface area contributed by atoms with Gasteiger partial charge in [0, 0.05) is 21.4 Å². The molecule has 0 aliphatic heterocycles. The maximum Gasteiger partial charge on any atom is 0.279 e. The van der Waals surface area contributed by atoms with Crippen LogP contribution in [0.1, 0.15) is 21.5 Å². The lowest BCUT2D eigenvalue weighted by Crippen LogP contribution is -2.14. The summed E-state index contributed by atoms with van der Waals surface area (Å²) in [5.74, 6) is -0.648. The van der Waals surface area contributed by atoms with Gasteiger partial charge < -0.3 is 5.32 Å². The Balaban J connectivity index is 2.45. The molecule has 0 aliphatic carbocycles. The quantitative estimate of drug-likeness (QED) is 0.438. The smallest absolute Gasteiger partial charge is 0.279 e. The highest BCUT2D eigenvalue weighted by molar-refractivity contribution is 14.1. The zero-order valence-electron chi connectivity index (χ0n) is 12.7. The van der Waals surface area contributed by atoms with Crippen molar-refractivity contribution < 1.29 is 14.6 Å². The van der Waals surface area contributed by atoms with Gasteiger partial charge in [0.2, 0.25) is 0 Å². The Labute approximate surface area is 150 Å². The van der Waals surface area contributed by atoms with E-state index in [1.165, 1.54) is 6.92 Å². The molecule has 124 valence electrons. The van der Waals surface area contributed by atoms with Gasteiger partial charge >= 0.3 is 0 Å². The van der Waals surface area contributed by atoms with Gasteiger partial charge in [-0.2, -0.15) is 0 Å². The Morgan fingerprint density at radius 2 is 1.58 bits per heavy atom. The van der Waals surface area contributed by atoms with Crippen LogP contribution in [0.15, 0.2) is 30.3 Å². The number of halogens is 1. The third-order valence-corrected chi connectivity index (χ3v) is 4.12. The van der Waals surface area contributed by atoms with Gasteiger partial charge in [0.1, 0.15) is 5.56 Å². The van der Waals surface area contributed by atoms with Gasteiger partial charge in [0.15, 0.2) is 0 Å². The molecule has 2 aromatic rings. The minimum absolute atomic E-state index is 0.0907. The summed E-state index contributed by atoms with van der Waals surface area (Å²) in [6, 6.07) is 7.44. The van der Waals surface area contributed by atoms with Gasteiger partial charge in [-0.1, -0.05) is 0 Å². The number of aryl methyl sites for hydroxylation is 1. The van der Waals surface area contributed by atoms with Crippen LogP contribution in [0, 0.1) is 37.6 Å². The van der Waals surface area contributed by atoms with Gasteiger partial charge in [0.25, 0.3) is 17.3 Å². The lowest BCUT2D eigenvalue weighted by molar-refractivity contribution is -0.395. The second-order valence-corrected chi connectivity index (χ2v) is 6.31. The van der Waals surface area contributed by atoms with Crippen LogP contribution in [0.4, 0.5) is 17.1 Å². The second kappa shape index (κ2) is 6.91. The standard InChI is InChI=1S/C15H12IN3O5/c1-8-5-11(16)3-4-12(8)17-15(20)10-6-13(18(21)22)9(2)14(7-10)19(23)24/h3-7H,1-2H3,(H,17,20). The van der Waals surface area contributed by atoms with E-state index in [-0.39, 0.29) is 11.1 Å². The first-order valence-corrected chi connectivity index (χ1v) is 7.79. The molecule has 0 fully saturated rings. The maximum atomic E-state index is 12.4. The first-order chi connectivity index (χ1) is 11.2. The SMILES string of the molecule is Cc1cc(I)ccc1NC(=O)c1cc([N+](=O)[O-])c(C)c([N+](=O)[O-])c1. The molecule has 0 atom stereocenters. The fourth-order valence-corrected chi connectivity index (χ4v) is 2.80.